The van der Waals surface area contributed by atoms with Crippen molar-refractivity contribution < 1.29 is 19.7 Å². The molecule has 0 aliphatic carbocycles. The van der Waals surface area contributed by atoms with Crippen molar-refractivity contribution in [3.05, 3.63) is 0 Å². The Morgan fingerprint density at radius 2 is 2.44 bits per heavy atom. The minimum atomic E-state index is -1.93. The van der Waals surface area contributed by atoms with Crippen LogP contribution < -0.4 is 0 Å². The molecule has 0 aromatic heterocycles. The van der Waals surface area contributed by atoms with Gasteiger partial charge in [0.1, 0.15) is 6.10 Å². The third-order valence-corrected chi connectivity index (χ3v) is 1.37. The van der Waals surface area contributed by atoms with Gasteiger partial charge in [0.15, 0.2) is 6.29 Å². The van der Waals surface area contributed by atoms with Crippen LogP contribution >= 0.6 is 0 Å². The number of aldehydes is 1. The zero-order chi connectivity index (χ0) is 6.91. The summed E-state index contributed by atoms with van der Waals surface area (Å²) in [5.74, 6) is -1.93. The Balaban J connectivity index is 2.66. The van der Waals surface area contributed by atoms with Crippen LogP contribution in [0.3, 0.4) is 0 Å². The maximum Gasteiger partial charge on any atom is 0.250 e. The molecule has 1 saturated heterocycles. The minimum Gasteiger partial charge on any atom is -0.387 e. The summed E-state index contributed by atoms with van der Waals surface area (Å²) in [7, 11) is 0. The summed E-state index contributed by atoms with van der Waals surface area (Å²) in [5.41, 5.74) is 0. The first kappa shape index (κ1) is 6.67. The summed E-state index contributed by atoms with van der Waals surface area (Å²) in [6.07, 6.45) is -0.533. The Bertz CT molecular complexity index is 124. The van der Waals surface area contributed by atoms with Gasteiger partial charge >= 0.3 is 0 Å². The standard InChI is InChI=1S/C5H8O4/c6-3-5(8)4(7)1-2-9-5/h3-4,7-8H,1-2H2/t4-,5?/m1/s1. The Hall–Kier alpha value is -0.450. The van der Waals surface area contributed by atoms with E-state index < -0.39 is 11.9 Å². The van der Waals surface area contributed by atoms with Crippen molar-refractivity contribution in [2.75, 3.05) is 6.61 Å². The van der Waals surface area contributed by atoms with Gasteiger partial charge in [0.05, 0.1) is 6.61 Å². The second-order valence-electron chi connectivity index (χ2n) is 2.02. The first-order valence-corrected chi connectivity index (χ1v) is 2.70. The van der Waals surface area contributed by atoms with Crippen LogP contribution in [-0.4, -0.2) is 35.0 Å². The Kier molecular flexibility index (Phi) is 1.52. The molecule has 0 amide bonds. The maximum atomic E-state index is 10.0. The quantitative estimate of drug-likeness (QED) is 0.433. The number of aliphatic hydroxyl groups is 2. The molecule has 1 aliphatic rings. The molecule has 2 N–H and O–H groups in total. The van der Waals surface area contributed by atoms with Crippen LogP contribution in [0.25, 0.3) is 0 Å². The number of carbonyl (C=O) groups excluding carboxylic acids is 1. The normalized spacial score (nSPS) is 43.1. The molecule has 4 nitrogen and oxygen atoms in total. The highest BCUT2D eigenvalue weighted by Gasteiger charge is 2.41. The zero-order valence-corrected chi connectivity index (χ0v) is 4.78. The summed E-state index contributed by atoms with van der Waals surface area (Å²) < 4.78 is 4.54. The average molecular weight is 132 g/mol. The second kappa shape index (κ2) is 2.06. The number of rotatable bonds is 1. The molecule has 1 rings (SSSR count). The predicted molar refractivity (Wildman–Crippen MR) is 27.6 cm³/mol. The molecule has 1 fully saturated rings. The molecule has 1 aliphatic heterocycles. The summed E-state index contributed by atoms with van der Waals surface area (Å²) in [6.45, 7) is 0.233. The van der Waals surface area contributed by atoms with Gasteiger partial charge in [0.25, 0.3) is 0 Å². The fourth-order valence-corrected chi connectivity index (χ4v) is 0.750. The summed E-state index contributed by atoms with van der Waals surface area (Å²) in [5, 5.41) is 17.8. The third kappa shape index (κ3) is 0.962. The number of carbonyl (C=O) groups is 1. The van der Waals surface area contributed by atoms with Crippen LogP contribution in [-0.2, 0) is 9.53 Å². The number of ether oxygens (including phenoxy) is 1. The van der Waals surface area contributed by atoms with Crippen LogP contribution in [0.2, 0.25) is 0 Å². The van der Waals surface area contributed by atoms with E-state index in [-0.39, 0.29) is 12.9 Å². The van der Waals surface area contributed by atoms with Crippen LogP contribution in [0.5, 0.6) is 0 Å². The molecule has 0 spiro atoms. The smallest absolute Gasteiger partial charge is 0.250 e. The highest BCUT2D eigenvalue weighted by Crippen LogP contribution is 2.20. The molecule has 0 bridgehead atoms. The summed E-state index contributed by atoms with van der Waals surface area (Å²) in [6, 6.07) is 0. The van der Waals surface area contributed by atoms with Gasteiger partial charge < -0.3 is 14.9 Å². The molecule has 0 aromatic carbocycles. The monoisotopic (exact) mass is 132 g/mol. The van der Waals surface area contributed by atoms with E-state index in [2.05, 4.69) is 4.74 Å². The molecule has 52 valence electrons. The maximum absolute atomic E-state index is 10.0. The van der Waals surface area contributed by atoms with Crippen molar-refractivity contribution in [2.45, 2.75) is 18.3 Å². The first-order chi connectivity index (χ1) is 4.19. The molecule has 4 heteroatoms. The predicted octanol–water partition coefficient (Wildman–Crippen LogP) is -1.34. The molecule has 9 heavy (non-hydrogen) atoms. The fourth-order valence-electron chi connectivity index (χ4n) is 0.750. The lowest BCUT2D eigenvalue weighted by Gasteiger charge is -2.16. The Morgan fingerprint density at radius 1 is 1.78 bits per heavy atom. The van der Waals surface area contributed by atoms with E-state index in [0.29, 0.717) is 6.42 Å². The lowest BCUT2D eigenvalue weighted by Crippen LogP contribution is -2.40. The van der Waals surface area contributed by atoms with E-state index in [1.807, 2.05) is 0 Å². The lowest BCUT2D eigenvalue weighted by atomic mass is 10.1. The van der Waals surface area contributed by atoms with Crippen molar-refractivity contribution in [3.63, 3.8) is 0 Å². The van der Waals surface area contributed by atoms with Crippen LogP contribution in [0, 0.1) is 0 Å². The zero-order valence-electron chi connectivity index (χ0n) is 4.78. The number of hydrogen-bond acceptors (Lipinski definition) is 4. The van der Waals surface area contributed by atoms with Gasteiger partial charge in [0, 0.05) is 6.42 Å². The summed E-state index contributed by atoms with van der Waals surface area (Å²) in [4.78, 5) is 10.0. The molecular formula is C5H8O4. The molecule has 1 unspecified atom stereocenters. The Morgan fingerprint density at radius 3 is 2.67 bits per heavy atom. The molecule has 0 saturated carbocycles. The SMILES string of the molecule is O=CC1(O)OCC[C@H]1O. The van der Waals surface area contributed by atoms with E-state index >= 15 is 0 Å². The van der Waals surface area contributed by atoms with Crippen LogP contribution in [0.15, 0.2) is 0 Å². The van der Waals surface area contributed by atoms with Crippen molar-refractivity contribution in [1.82, 2.24) is 0 Å². The molecule has 0 radical (unpaired) electrons. The molecular weight excluding hydrogens is 124 g/mol. The van der Waals surface area contributed by atoms with E-state index in [4.69, 9.17) is 10.2 Å². The van der Waals surface area contributed by atoms with Crippen molar-refractivity contribution in [3.8, 4) is 0 Å². The minimum absolute atomic E-state index is 0.213. The van der Waals surface area contributed by atoms with Gasteiger partial charge in [-0.15, -0.1) is 0 Å². The van der Waals surface area contributed by atoms with Crippen LogP contribution in [0.1, 0.15) is 6.42 Å². The largest absolute Gasteiger partial charge is 0.387 e. The molecule has 1 heterocycles. The number of aliphatic hydroxyl groups excluding tert-OH is 1. The topological polar surface area (TPSA) is 66.8 Å². The fraction of sp³-hybridized carbons (Fsp3) is 0.800. The number of hydrogen-bond donors (Lipinski definition) is 2. The molecule has 0 aromatic rings. The van der Waals surface area contributed by atoms with E-state index in [1.54, 1.807) is 0 Å². The van der Waals surface area contributed by atoms with Gasteiger partial charge in [-0.3, -0.25) is 4.79 Å². The lowest BCUT2D eigenvalue weighted by molar-refractivity contribution is -0.199. The van der Waals surface area contributed by atoms with Gasteiger partial charge in [-0.25, -0.2) is 0 Å². The average Bonchev–Trinajstić information content (AvgIpc) is 2.15. The third-order valence-electron chi connectivity index (χ3n) is 1.37. The van der Waals surface area contributed by atoms with Crippen molar-refractivity contribution >= 4 is 6.29 Å². The second-order valence-corrected chi connectivity index (χ2v) is 2.02. The van der Waals surface area contributed by atoms with Crippen molar-refractivity contribution in [1.29, 1.82) is 0 Å². The highest BCUT2D eigenvalue weighted by atomic mass is 16.6. The highest BCUT2D eigenvalue weighted by molar-refractivity contribution is 5.61. The first-order valence-electron chi connectivity index (χ1n) is 2.70. The van der Waals surface area contributed by atoms with Gasteiger partial charge in [-0.1, -0.05) is 0 Å². The van der Waals surface area contributed by atoms with Crippen LogP contribution in [0.4, 0.5) is 0 Å². The van der Waals surface area contributed by atoms with Gasteiger partial charge in [-0.05, 0) is 0 Å². The van der Waals surface area contributed by atoms with E-state index in [9.17, 15) is 4.79 Å². The summed E-state index contributed by atoms with van der Waals surface area (Å²) >= 11 is 0. The van der Waals surface area contributed by atoms with Crippen molar-refractivity contribution in [2.24, 2.45) is 0 Å². The Labute approximate surface area is 52.1 Å². The van der Waals surface area contributed by atoms with Gasteiger partial charge in [0.2, 0.25) is 5.79 Å². The van der Waals surface area contributed by atoms with E-state index in [0.717, 1.165) is 0 Å². The molecule has 2 atom stereocenters. The van der Waals surface area contributed by atoms with Gasteiger partial charge in [-0.2, -0.15) is 0 Å². The van der Waals surface area contributed by atoms with E-state index in [1.165, 1.54) is 0 Å².